The maximum absolute atomic E-state index is 6.32. The Labute approximate surface area is 154 Å². The lowest BCUT2D eigenvalue weighted by atomic mass is 10.0. The van der Waals surface area contributed by atoms with Crippen LogP contribution in [-0.4, -0.2) is 27.9 Å². The van der Waals surface area contributed by atoms with Crippen molar-refractivity contribution in [3.05, 3.63) is 28.2 Å². The largest absolute Gasteiger partial charge is 0.344 e. The number of amidine groups is 1. The molecule has 1 heterocycles. The number of benzene rings is 1. The van der Waals surface area contributed by atoms with Crippen LogP contribution >= 0.6 is 35.0 Å². The van der Waals surface area contributed by atoms with E-state index in [1.165, 1.54) is 6.42 Å². The molecule has 23 heavy (non-hydrogen) atoms. The summed E-state index contributed by atoms with van der Waals surface area (Å²) in [7, 11) is 0. The highest BCUT2D eigenvalue weighted by Gasteiger charge is 2.34. The lowest BCUT2D eigenvalue weighted by Crippen LogP contribution is -2.42. The first-order valence-corrected chi connectivity index (χ1v) is 10.2. The van der Waals surface area contributed by atoms with Gasteiger partial charge in [0.05, 0.1) is 15.7 Å². The molecule has 1 aromatic rings. The molecule has 0 amide bonds. The van der Waals surface area contributed by atoms with Crippen molar-refractivity contribution in [3.8, 4) is 0 Å². The molecule has 0 spiro atoms. The van der Waals surface area contributed by atoms with Gasteiger partial charge in [-0.05, 0) is 37.3 Å². The summed E-state index contributed by atoms with van der Waals surface area (Å²) in [6.45, 7) is 9.10. The summed E-state index contributed by atoms with van der Waals surface area (Å²) in [5.74, 6) is 1.79. The molecule has 0 aromatic heterocycles. The second-order valence-electron chi connectivity index (χ2n) is 6.44. The van der Waals surface area contributed by atoms with Crippen LogP contribution in [0.15, 0.2) is 23.2 Å². The Morgan fingerprint density at radius 1 is 1.26 bits per heavy atom. The van der Waals surface area contributed by atoms with Gasteiger partial charge in [0.15, 0.2) is 5.17 Å². The molecular formula is C18H26Cl2N2S. The van der Waals surface area contributed by atoms with Gasteiger partial charge in [-0.25, -0.2) is 4.99 Å². The second-order valence-corrected chi connectivity index (χ2v) is 8.21. The van der Waals surface area contributed by atoms with Crippen LogP contribution in [0.2, 0.25) is 10.0 Å². The molecule has 1 aliphatic rings. The molecule has 128 valence electrons. The number of hydrogen-bond acceptors (Lipinski definition) is 2. The van der Waals surface area contributed by atoms with Crippen molar-refractivity contribution in [2.45, 2.75) is 59.0 Å². The molecule has 2 rings (SSSR count). The van der Waals surface area contributed by atoms with Gasteiger partial charge in [0.2, 0.25) is 0 Å². The summed E-state index contributed by atoms with van der Waals surface area (Å²) < 4.78 is 0. The Balaban J connectivity index is 2.35. The normalized spacial score (nSPS) is 20.3. The van der Waals surface area contributed by atoms with Gasteiger partial charge in [-0.1, -0.05) is 68.7 Å². The molecule has 1 atom stereocenters. The van der Waals surface area contributed by atoms with E-state index in [1.54, 1.807) is 6.07 Å². The molecule has 0 aliphatic carbocycles. The van der Waals surface area contributed by atoms with Crippen molar-refractivity contribution in [1.29, 1.82) is 0 Å². The van der Waals surface area contributed by atoms with Crippen LogP contribution in [-0.2, 0) is 0 Å². The SMILES string of the molecule is CCC(CC)N1C(=Nc2cccc(Cl)c2Cl)SC[C@@H]1CC(C)C. The van der Waals surface area contributed by atoms with Crippen LogP contribution in [0.25, 0.3) is 0 Å². The molecule has 1 saturated heterocycles. The summed E-state index contributed by atoms with van der Waals surface area (Å²) in [5.41, 5.74) is 0.766. The van der Waals surface area contributed by atoms with E-state index in [0.29, 0.717) is 28.0 Å². The number of rotatable bonds is 6. The summed E-state index contributed by atoms with van der Waals surface area (Å²) in [6, 6.07) is 6.73. The summed E-state index contributed by atoms with van der Waals surface area (Å²) in [6.07, 6.45) is 3.47. The van der Waals surface area contributed by atoms with Crippen molar-refractivity contribution < 1.29 is 0 Å². The Hall–Kier alpha value is -0.380. The van der Waals surface area contributed by atoms with Crippen LogP contribution in [0.4, 0.5) is 5.69 Å². The molecule has 1 aliphatic heterocycles. The lowest BCUT2D eigenvalue weighted by molar-refractivity contribution is 0.226. The van der Waals surface area contributed by atoms with E-state index in [0.717, 1.165) is 29.4 Å². The fourth-order valence-corrected chi connectivity index (χ4v) is 4.70. The fraction of sp³-hybridized carbons (Fsp3) is 0.611. The van der Waals surface area contributed by atoms with Gasteiger partial charge in [-0.2, -0.15) is 0 Å². The number of aliphatic imine (C=N–C) groups is 1. The number of hydrogen-bond donors (Lipinski definition) is 0. The molecule has 1 fully saturated rings. The zero-order chi connectivity index (χ0) is 17.0. The molecule has 0 N–H and O–H groups in total. The van der Waals surface area contributed by atoms with Crippen molar-refractivity contribution >= 4 is 45.8 Å². The first-order valence-electron chi connectivity index (χ1n) is 8.41. The fourth-order valence-electron chi connectivity index (χ4n) is 3.12. The van der Waals surface area contributed by atoms with Crippen LogP contribution in [0.5, 0.6) is 0 Å². The van der Waals surface area contributed by atoms with Gasteiger partial charge in [-0.15, -0.1) is 0 Å². The second kappa shape index (κ2) is 8.64. The van der Waals surface area contributed by atoms with E-state index in [9.17, 15) is 0 Å². The molecule has 0 radical (unpaired) electrons. The summed E-state index contributed by atoms with van der Waals surface area (Å²) >= 11 is 14.3. The minimum Gasteiger partial charge on any atom is -0.344 e. The van der Waals surface area contributed by atoms with Crippen molar-refractivity contribution in [1.82, 2.24) is 4.90 Å². The van der Waals surface area contributed by atoms with Gasteiger partial charge in [0.25, 0.3) is 0 Å². The highest BCUT2D eigenvalue weighted by atomic mass is 35.5. The van der Waals surface area contributed by atoms with E-state index < -0.39 is 0 Å². The van der Waals surface area contributed by atoms with Crippen molar-refractivity contribution in [2.24, 2.45) is 10.9 Å². The third kappa shape index (κ3) is 4.58. The minimum atomic E-state index is 0.533. The number of halogens is 2. The van der Waals surface area contributed by atoms with Gasteiger partial charge in [-0.3, -0.25) is 0 Å². The Kier molecular flexibility index (Phi) is 7.12. The van der Waals surface area contributed by atoms with E-state index in [4.69, 9.17) is 28.2 Å². The van der Waals surface area contributed by atoms with Crippen molar-refractivity contribution in [3.63, 3.8) is 0 Å². The predicted molar refractivity (Wildman–Crippen MR) is 105 cm³/mol. The van der Waals surface area contributed by atoms with E-state index in [1.807, 2.05) is 23.9 Å². The van der Waals surface area contributed by atoms with Gasteiger partial charge in [0, 0.05) is 17.8 Å². The Bertz CT molecular complexity index is 556. The molecule has 2 nitrogen and oxygen atoms in total. The molecule has 0 unspecified atom stereocenters. The third-order valence-corrected chi connectivity index (χ3v) is 6.17. The first-order chi connectivity index (χ1) is 11.0. The summed E-state index contributed by atoms with van der Waals surface area (Å²) in [5, 5.41) is 2.19. The van der Waals surface area contributed by atoms with Gasteiger partial charge < -0.3 is 4.90 Å². The van der Waals surface area contributed by atoms with E-state index in [2.05, 4.69) is 32.6 Å². The molecular weight excluding hydrogens is 347 g/mol. The number of nitrogens with zero attached hydrogens (tertiary/aromatic N) is 2. The zero-order valence-corrected chi connectivity index (χ0v) is 16.7. The summed E-state index contributed by atoms with van der Waals surface area (Å²) in [4.78, 5) is 7.39. The first kappa shape index (κ1) is 19.0. The van der Waals surface area contributed by atoms with Crippen molar-refractivity contribution in [2.75, 3.05) is 5.75 Å². The molecule has 5 heteroatoms. The van der Waals surface area contributed by atoms with E-state index in [-0.39, 0.29) is 0 Å². The average Bonchev–Trinajstić information content (AvgIpc) is 2.88. The predicted octanol–water partition coefficient (Wildman–Crippen LogP) is 6.63. The maximum Gasteiger partial charge on any atom is 0.165 e. The molecule has 0 saturated carbocycles. The van der Waals surface area contributed by atoms with E-state index >= 15 is 0 Å². The van der Waals surface area contributed by atoms with Gasteiger partial charge in [0.1, 0.15) is 0 Å². The number of thioether (sulfide) groups is 1. The average molecular weight is 373 g/mol. The smallest absolute Gasteiger partial charge is 0.165 e. The molecule has 1 aromatic carbocycles. The Morgan fingerprint density at radius 3 is 2.57 bits per heavy atom. The zero-order valence-electron chi connectivity index (χ0n) is 14.4. The Morgan fingerprint density at radius 2 is 1.96 bits per heavy atom. The lowest BCUT2D eigenvalue weighted by Gasteiger charge is -2.34. The van der Waals surface area contributed by atoms with Crippen LogP contribution in [0.3, 0.4) is 0 Å². The molecule has 0 bridgehead atoms. The van der Waals surface area contributed by atoms with Crippen LogP contribution < -0.4 is 0 Å². The minimum absolute atomic E-state index is 0.533. The van der Waals surface area contributed by atoms with Gasteiger partial charge >= 0.3 is 0 Å². The third-order valence-electron chi connectivity index (χ3n) is 4.25. The highest BCUT2D eigenvalue weighted by molar-refractivity contribution is 8.14. The monoisotopic (exact) mass is 372 g/mol. The topological polar surface area (TPSA) is 15.6 Å². The quantitative estimate of drug-likeness (QED) is 0.556. The van der Waals surface area contributed by atoms with Crippen LogP contribution in [0.1, 0.15) is 47.0 Å². The highest BCUT2D eigenvalue weighted by Crippen LogP contribution is 2.37. The van der Waals surface area contributed by atoms with Crippen LogP contribution in [0, 0.1) is 5.92 Å². The maximum atomic E-state index is 6.32. The standard InChI is InChI=1S/C18H26Cl2N2S/c1-5-13(6-2)22-14(10-12(3)4)11-23-18(22)21-16-9-7-8-15(19)17(16)20/h7-9,12-14H,5-6,10-11H2,1-4H3/t14-/m0/s1.